The average molecular weight is 204 g/mol. The van der Waals surface area contributed by atoms with E-state index in [1.807, 2.05) is 7.05 Å². The minimum absolute atomic E-state index is 0.0947. The highest BCUT2D eigenvalue weighted by Crippen LogP contribution is 2.42. The zero-order chi connectivity index (χ0) is 10.2. The van der Waals surface area contributed by atoms with E-state index in [1.54, 1.807) is 0 Å². The summed E-state index contributed by atoms with van der Waals surface area (Å²) in [4.78, 5) is 2.24. The SMILES string of the molecule is CN(CC1CC(F)(F)C1)C1CCNC1. The summed E-state index contributed by atoms with van der Waals surface area (Å²) in [5, 5.41) is 3.29. The molecule has 14 heavy (non-hydrogen) atoms. The Balaban J connectivity index is 1.70. The van der Waals surface area contributed by atoms with Gasteiger partial charge >= 0.3 is 0 Å². The van der Waals surface area contributed by atoms with Gasteiger partial charge in [0.1, 0.15) is 0 Å². The van der Waals surface area contributed by atoms with E-state index in [9.17, 15) is 8.78 Å². The fourth-order valence-electron chi connectivity index (χ4n) is 2.49. The maximum absolute atomic E-state index is 12.6. The number of alkyl halides is 2. The standard InChI is InChI=1S/C10H18F2N2/c1-14(9-2-3-13-6-9)7-8-4-10(11,12)5-8/h8-9,13H,2-7H2,1H3. The lowest BCUT2D eigenvalue weighted by Gasteiger charge is -2.38. The summed E-state index contributed by atoms with van der Waals surface area (Å²) in [7, 11) is 2.05. The van der Waals surface area contributed by atoms with Gasteiger partial charge < -0.3 is 10.2 Å². The third-order valence-electron chi connectivity index (χ3n) is 3.38. The van der Waals surface area contributed by atoms with E-state index in [0.717, 1.165) is 26.1 Å². The molecule has 0 aromatic carbocycles. The van der Waals surface area contributed by atoms with Crippen LogP contribution in [0.5, 0.6) is 0 Å². The molecule has 4 heteroatoms. The summed E-state index contributed by atoms with van der Waals surface area (Å²) >= 11 is 0. The third-order valence-corrected chi connectivity index (χ3v) is 3.38. The number of hydrogen-bond acceptors (Lipinski definition) is 2. The van der Waals surface area contributed by atoms with Crippen LogP contribution in [0.3, 0.4) is 0 Å². The lowest BCUT2D eigenvalue weighted by atomic mass is 9.81. The zero-order valence-electron chi connectivity index (χ0n) is 8.60. The molecule has 1 saturated carbocycles. The molecule has 0 aromatic rings. The van der Waals surface area contributed by atoms with Crippen molar-refractivity contribution < 1.29 is 8.78 Å². The second-order valence-electron chi connectivity index (χ2n) is 4.72. The molecule has 82 valence electrons. The lowest BCUT2D eigenvalue weighted by molar-refractivity contribution is -0.116. The first-order valence-electron chi connectivity index (χ1n) is 5.36. The fraction of sp³-hybridized carbons (Fsp3) is 1.00. The maximum Gasteiger partial charge on any atom is 0.248 e. The van der Waals surface area contributed by atoms with Gasteiger partial charge in [-0.15, -0.1) is 0 Å². The molecule has 2 aliphatic rings. The molecule has 0 amide bonds. The van der Waals surface area contributed by atoms with Crippen LogP contribution in [-0.2, 0) is 0 Å². The van der Waals surface area contributed by atoms with E-state index >= 15 is 0 Å². The second kappa shape index (κ2) is 3.74. The first-order valence-corrected chi connectivity index (χ1v) is 5.36. The van der Waals surface area contributed by atoms with Crippen molar-refractivity contribution >= 4 is 0 Å². The van der Waals surface area contributed by atoms with E-state index in [2.05, 4.69) is 10.2 Å². The molecule has 1 saturated heterocycles. The van der Waals surface area contributed by atoms with Crippen LogP contribution in [0.25, 0.3) is 0 Å². The predicted molar refractivity (Wildman–Crippen MR) is 51.6 cm³/mol. The second-order valence-corrected chi connectivity index (χ2v) is 4.72. The number of nitrogens with zero attached hydrogens (tertiary/aromatic N) is 1. The van der Waals surface area contributed by atoms with Crippen LogP contribution < -0.4 is 5.32 Å². The molecule has 0 spiro atoms. The smallest absolute Gasteiger partial charge is 0.248 e. The number of hydrogen-bond donors (Lipinski definition) is 1. The van der Waals surface area contributed by atoms with Crippen LogP contribution >= 0.6 is 0 Å². The minimum Gasteiger partial charge on any atom is -0.315 e. The quantitative estimate of drug-likeness (QED) is 0.746. The van der Waals surface area contributed by atoms with Crippen LogP contribution in [0.2, 0.25) is 0 Å². The molecule has 1 N–H and O–H groups in total. The minimum atomic E-state index is -2.36. The van der Waals surface area contributed by atoms with Gasteiger partial charge in [-0.1, -0.05) is 0 Å². The number of rotatable bonds is 3. The highest BCUT2D eigenvalue weighted by Gasteiger charge is 2.45. The van der Waals surface area contributed by atoms with E-state index in [1.165, 1.54) is 0 Å². The highest BCUT2D eigenvalue weighted by atomic mass is 19.3. The number of nitrogens with one attached hydrogen (secondary N) is 1. The molecular formula is C10H18F2N2. The van der Waals surface area contributed by atoms with Gasteiger partial charge in [-0.25, -0.2) is 8.78 Å². The summed E-state index contributed by atoms with van der Waals surface area (Å²) in [5.74, 6) is -2.14. The van der Waals surface area contributed by atoms with Gasteiger partial charge in [-0.2, -0.15) is 0 Å². The predicted octanol–water partition coefficient (Wildman–Crippen LogP) is 1.33. The Hall–Kier alpha value is -0.220. The van der Waals surface area contributed by atoms with Crippen LogP contribution in [-0.4, -0.2) is 43.5 Å². The van der Waals surface area contributed by atoms with Crippen molar-refractivity contribution in [2.75, 3.05) is 26.7 Å². The summed E-state index contributed by atoms with van der Waals surface area (Å²) in [5.41, 5.74) is 0. The normalized spacial score (nSPS) is 32.1. The van der Waals surface area contributed by atoms with E-state index in [-0.39, 0.29) is 18.8 Å². The molecule has 1 unspecified atom stereocenters. The van der Waals surface area contributed by atoms with Gasteiger partial charge in [-0.3, -0.25) is 0 Å². The molecule has 2 rings (SSSR count). The van der Waals surface area contributed by atoms with Crippen molar-refractivity contribution in [3.05, 3.63) is 0 Å². The van der Waals surface area contributed by atoms with Crippen molar-refractivity contribution in [1.29, 1.82) is 0 Å². The molecule has 1 aliphatic heterocycles. The van der Waals surface area contributed by atoms with Crippen molar-refractivity contribution in [1.82, 2.24) is 10.2 Å². The summed E-state index contributed by atoms with van der Waals surface area (Å²) in [6, 6.07) is 0.559. The monoisotopic (exact) mass is 204 g/mol. The van der Waals surface area contributed by atoms with Gasteiger partial charge in [0.05, 0.1) is 0 Å². The molecule has 0 bridgehead atoms. The van der Waals surface area contributed by atoms with Crippen LogP contribution in [0, 0.1) is 5.92 Å². The Kier molecular flexibility index (Phi) is 2.75. The largest absolute Gasteiger partial charge is 0.315 e. The maximum atomic E-state index is 12.6. The Morgan fingerprint density at radius 3 is 2.64 bits per heavy atom. The Bertz CT molecular complexity index is 194. The molecule has 1 atom stereocenters. The molecule has 1 aliphatic carbocycles. The van der Waals surface area contributed by atoms with E-state index in [0.29, 0.717) is 6.04 Å². The molecular weight excluding hydrogens is 186 g/mol. The van der Waals surface area contributed by atoms with Crippen LogP contribution in [0.1, 0.15) is 19.3 Å². The lowest BCUT2D eigenvalue weighted by Crippen LogP contribution is -2.44. The van der Waals surface area contributed by atoms with Gasteiger partial charge in [0.15, 0.2) is 0 Å². The molecule has 2 nitrogen and oxygen atoms in total. The molecule has 0 radical (unpaired) electrons. The van der Waals surface area contributed by atoms with Crippen molar-refractivity contribution in [3.63, 3.8) is 0 Å². The first kappa shape index (κ1) is 10.3. The topological polar surface area (TPSA) is 15.3 Å². The third kappa shape index (κ3) is 2.23. The van der Waals surface area contributed by atoms with E-state index in [4.69, 9.17) is 0 Å². The Morgan fingerprint density at radius 1 is 1.43 bits per heavy atom. The van der Waals surface area contributed by atoms with Crippen LogP contribution in [0.15, 0.2) is 0 Å². The van der Waals surface area contributed by atoms with E-state index < -0.39 is 5.92 Å². The van der Waals surface area contributed by atoms with Gasteiger partial charge in [0, 0.05) is 32.0 Å². The van der Waals surface area contributed by atoms with Gasteiger partial charge in [0.2, 0.25) is 5.92 Å². The first-order chi connectivity index (χ1) is 6.57. The summed E-state index contributed by atoms with van der Waals surface area (Å²) < 4.78 is 25.2. The Morgan fingerprint density at radius 2 is 2.14 bits per heavy atom. The fourth-order valence-corrected chi connectivity index (χ4v) is 2.49. The molecule has 1 heterocycles. The zero-order valence-corrected chi connectivity index (χ0v) is 8.60. The summed E-state index contributed by atoms with van der Waals surface area (Å²) in [6.07, 6.45) is 1.34. The molecule has 0 aromatic heterocycles. The van der Waals surface area contributed by atoms with Crippen LogP contribution in [0.4, 0.5) is 8.78 Å². The van der Waals surface area contributed by atoms with Crippen molar-refractivity contribution in [3.8, 4) is 0 Å². The highest BCUT2D eigenvalue weighted by molar-refractivity contribution is 4.89. The average Bonchev–Trinajstić information content (AvgIpc) is 2.51. The van der Waals surface area contributed by atoms with Gasteiger partial charge in [-0.05, 0) is 25.9 Å². The van der Waals surface area contributed by atoms with Crippen molar-refractivity contribution in [2.45, 2.75) is 31.2 Å². The van der Waals surface area contributed by atoms with Crippen molar-refractivity contribution in [2.24, 2.45) is 5.92 Å². The summed E-state index contributed by atoms with van der Waals surface area (Å²) in [6.45, 7) is 2.91. The molecule has 2 fully saturated rings. The number of likely N-dealkylation sites (N-methyl/N-ethyl adjacent to an activating group) is 1. The Labute approximate surface area is 83.7 Å². The van der Waals surface area contributed by atoms with Gasteiger partial charge in [0.25, 0.3) is 0 Å². The number of halogens is 2.